The predicted octanol–water partition coefficient (Wildman–Crippen LogP) is 3.33. The Bertz CT molecular complexity index is 398. The Hall–Kier alpha value is -0.770. The number of hydrogen-bond donors (Lipinski definition) is 1. The molecule has 0 saturated carbocycles. The minimum atomic E-state index is -0.150. The van der Waals surface area contributed by atoms with Crippen LogP contribution in [0.4, 0.5) is 4.79 Å². The summed E-state index contributed by atoms with van der Waals surface area (Å²) in [5.41, 5.74) is 0.686. The Morgan fingerprint density at radius 1 is 1.00 bits per heavy atom. The Balaban J connectivity index is 1.84. The number of amides is 2. The fraction of sp³-hybridized carbons (Fsp3) is 0.944. The Morgan fingerprint density at radius 2 is 1.55 bits per heavy atom. The van der Waals surface area contributed by atoms with Gasteiger partial charge in [-0.15, -0.1) is 0 Å². The highest BCUT2D eigenvalue weighted by molar-refractivity contribution is 5.75. The summed E-state index contributed by atoms with van der Waals surface area (Å²) in [6.45, 7) is 18.5. The van der Waals surface area contributed by atoms with Gasteiger partial charge in [0.05, 0.1) is 0 Å². The summed E-state index contributed by atoms with van der Waals surface area (Å²) in [5, 5.41) is 3.08. The molecule has 22 heavy (non-hydrogen) atoms. The molecule has 2 saturated heterocycles. The van der Waals surface area contributed by atoms with E-state index in [-0.39, 0.29) is 11.6 Å². The van der Waals surface area contributed by atoms with Gasteiger partial charge in [-0.25, -0.2) is 4.79 Å². The summed E-state index contributed by atoms with van der Waals surface area (Å²) in [7, 11) is 0. The zero-order valence-corrected chi connectivity index (χ0v) is 15.5. The van der Waals surface area contributed by atoms with Crippen molar-refractivity contribution >= 4 is 6.03 Å². The summed E-state index contributed by atoms with van der Waals surface area (Å²) in [6, 6.07) is 0.104. The van der Waals surface area contributed by atoms with Gasteiger partial charge in [-0.05, 0) is 57.4 Å². The second-order valence-electron chi connectivity index (χ2n) is 9.69. The largest absolute Gasteiger partial charge is 0.333 e. The first kappa shape index (κ1) is 17.6. The first-order chi connectivity index (χ1) is 9.98. The van der Waals surface area contributed by atoms with Crippen LogP contribution < -0.4 is 5.32 Å². The molecule has 2 heterocycles. The van der Waals surface area contributed by atoms with Gasteiger partial charge in [-0.1, -0.05) is 20.8 Å². The average molecular weight is 309 g/mol. The van der Waals surface area contributed by atoms with E-state index in [9.17, 15) is 4.79 Å². The molecule has 4 heteroatoms. The van der Waals surface area contributed by atoms with Gasteiger partial charge in [0, 0.05) is 31.7 Å². The van der Waals surface area contributed by atoms with Crippen LogP contribution in [0, 0.1) is 10.8 Å². The molecule has 0 aromatic rings. The summed E-state index contributed by atoms with van der Waals surface area (Å²) in [6.07, 6.45) is 3.62. The van der Waals surface area contributed by atoms with Crippen LogP contribution in [0.5, 0.6) is 0 Å². The lowest BCUT2D eigenvalue weighted by Gasteiger charge is -2.40. The zero-order valence-electron chi connectivity index (χ0n) is 15.5. The van der Waals surface area contributed by atoms with Crippen LogP contribution in [-0.4, -0.2) is 54.1 Å². The fourth-order valence-electron chi connectivity index (χ4n) is 3.83. The van der Waals surface area contributed by atoms with Gasteiger partial charge in [-0.3, -0.25) is 0 Å². The number of nitrogens with zero attached hydrogens (tertiary/aromatic N) is 2. The van der Waals surface area contributed by atoms with Crippen molar-refractivity contribution in [3.63, 3.8) is 0 Å². The molecule has 0 aromatic heterocycles. The number of piperidine rings is 1. The Morgan fingerprint density at radius 3 is 2.05 bits per heavy atom. The Labute approximate surface area is 136 Å². The molecular formula is C18H35N3O. The number of carbonyl (C=O) groups excluding carboxylic acids is 1. The fourth-order valence-corrected chi connectivity index (χ4v) is 3.83. The summed E-state index contributed by atoms with van der Waals surface area (Å²) >= 11 is 0. The Kier molecular flexibility index (Phi) is 4.82. The highest BCUT2D eigenvalue weighted by atomic mass is 16.2. The van der Waals surface area contributed by atoms with Crippen molar-refractivity contribution in [2.45, 2.75) is 66.3 Å². The average Bonchev–Trinajstić information content (AvgIpc) is 2.68. The normalized spacial score (nSPS) is 23.1. The van der Waals surface area contributed by atoms with Crippen molar-refractivity contribution in [1.29, 1.82) is 0 Å². The van der Waals surface area contributed by atoms with Gasteiger partial charge in [0.15, 0.2) is 0 Å². The minimum absolute atomic E-state index is 0.104. The van der Waals surface area contributed by atoms with Crippen LogP contribution in [0.15, 0.2) is 0 Å². The van der Waals surface area contributed by atoms with E-state index >= 15 is 0 Å². The lowest BCUT2D eigenvalue weighted by atomic mass is 9.78. The topological polar surface area (TPSA) is 35.6 Å². The van der Waals surface area contributed by atoms with Crippen LogP contribution in [0.1, 0.15) is 60.8 Å². The number of nitrogens with one attached hydrogen (secondary N) is 1. The number of likely N-dealkylation sites (tertiary alicyclic amines) is 2. The van der Waals surface area contributed by atoms with Gasteiger partial charge in [-0.2, -0.15) is 0 Å². The van der Waals surface area contributed by atoms with Crippen molar-refractivity contribution in [2.75, 3.05) is 32.7 Å². The molecule has 1 spiro atoms. The highest BCUT2D eigenvalue weighted by Crippen LogP contribution is 2.41. The van der Waals surface area contributed by atoms with Crippen molar-refractivity contribution in [1.82, 2.24) is 15.1 Å². The number of urea groups is 1. The zero-order chi connectivity index (χ0) is 16.6. The predicted molar refractivity (Wildman–Crippen MR) is 92.0 cm³/mol. The van der Waals surface area contributed by atoms with Gasteiger partial charge in [0.2, 0.25) is 0 Å². The molecule has 2 amide bonds. The lowest BCUT2D eigenvalue weighted by Crippen LogP contribution is -2.52. The maximum absolute atomic E-state index is 12.3. The van der Waals surface area contributed by atoms with E-state index in [2.05, 4.69) is 31.0 Å². The first-order valence-corrected chi connectivity index (χ1v) is 8.78. The van der Waals surface area contributed by atoms with E-state index < -0.39 is 0 Å². The third-order valence-corrected chi connectivity index (χ3v) is 4.81. The van der Waals surface area contributed by atoms with E-state index in [0.717, 1.165) is 25.9 Å². The van der Waals surface area contributed by atoms with E-state index in [0.29, 0.717) is 10.8 Å². The van der Waals surface area contributed by atoms with Crippen LogP contribution in [0.25, 0.3) is 0 Å². The molecule has 2 aliphatic heterocycles. The van der Waals surface area contributed by atoms with Crippen LogP contribution in [0.2, 0.25) is 0 Å². The van der Waals surface area contributed by atoms with Crippen molar-refractivity contribution in [3.8, 4) is 0 Å². The minimum Gasteiger partial charge on any atom is -0.333 e. The molecular weight excluding hydrogens is 274 g/mol. The quantitative estimate of drug-likeness (QED) is 0.806. The monoisotopic (exact) mass is 309 g/mol. The molecule has 0 radical (unpaired) electrons. The van der Waals surface area contributed by atoms with E-state index in [4.69, 9.17) is 0 Å². The summed E-state index contributed by atoms with van der Waals surface area (Å²) in [5.74, 6) is 0. The van der Waals surface area contributed by atoms with Gasteiger partial charge in [0.25, 0.3) is 0 Å². The third kappa shape index (κ3) is 4.87. The lowest BCUT2D eigenvalue weighted by molar-refractivity contribution is 0.110. The molecule has 2 fully saturated rings. The summed E-state index contributed by atoms with van der Waals surface area (Å²) < 4.78 is 0. The van der Waals surface area contributed by atoms with Crippen LogP contribution >= 0.6 is 0 Å². The number of hydrogen-bond acceptors (Lipinski definition) is 2. The first-order valence-electron chi connectivity index (χ1n) is 8.78. The van der Waals surface area contributed by atoms with E-state index in [1.165, 1.54) is 26.1 Å². The van der Waals surface area contributed by atoms with E-state index in [1.807, 2.05) is 25.7 Å². The molecule has 0 unspecified atom stereocenters. The van der Waals surface area contributed by atoms with Crippen molar-refractivity contribution in [3.05, 3.63) is 0 Å². The van der Waals surface area contributed by atoms with E-state index in [1.54, 1.807) is 0 Å². The third-order valence-electron chi connectivity index (χ3n) is 4.81. The summed E-state index contributed by atoms with van der Waals surface area (Å²) in [4.78, 5) is 16.9. The highest BCUT2D eigenvalue weighted by Gasteiger charge is 2.42. The van der Waals surface area contributed by atoms with Gasteiger partial charge >= 0.3 is 6.03 Å². The smallest absolute Gasteiger partial charge is 0.317 e. The van der Waals surface area contributed by atoms with Crippen molar-refractivity contribution in [2.24, 2.45) is 10.8 Å². The molecule has 2 aliphatic rings. The molecule has 0 bridgehead atoms. The second-order valence-corrected chi connectivity index (χ2v) is 9.69. The van der Waals surface area contributed by atoms with Crippen LogP contribution in [-0.2, 0) is 0 Å². The molecule has 2 rings (SSSR count). The molecule has 128 valence electrons. The molecule has 0 aliphatic carbocycles. The van der Waals surface area contributed by atoms with Crippen LogP contribution in [0.3, 0.4) is 0 Å². The SMILES string of the molecule is CC(C)(C)CN1CCC2(CCN(C(=O)NC(C)(C)C)CC2)C1. The van der Waals surface area contributed by atoms with Crippen molar-refractivity contribution < 1.29 is 4.79 Å². The standard InChI is InChI=1S/C18H35N3O/c1-16(2,3)13-20-10-7-18(14-20)8-11-21(12-9-18)15(22)19-17(4,5)6/h7-14H2,1-6H3,(H,19,22). The molecule has 1 N–H and O–H groups in total. The molecule has 4 nitrogen and oxygen atoms in total. The number of rotatable bonds is 1. The molecule has 0 aromatic carbocycles. The van der Waals surface area contributed by atoms with Gasteiger partial charge < -0.3 is 15.1 Å². The maximum atomic E-state index is 12.3. The maximum Gasteiger partial charge on any atom is 0.317 e. The molecule has 0 atom stereocenters. The number of carbonyl (C=O) groups is 1. The van der Waals surface area contributed by atoms with Gasteiger partial charge in [0.1, 0.15) is 0 Å². The second kappa shape index (κ2) is 6.03.